The van der Waals surface area contributed by atoms with Crippen LogP contribution in [0.4, 0.5) is 0 Å². The molecular formula is C14H35N3O4. The lowest BCUT2D eigenvalue weighted by Crippen LogP contribution is -2.60. The number of aliphatic hydroxyl groups excluding tert-OH is 1. The van der Waals surface area contributed by atoms with Crippen LogP contribution in [-0.2, 0) is 14.3 Å². The second-order valence-electron chi connectivity index (χ2n) is 5.84. The van der Waals surface area contributed by atoms with E-state index in [9.17, 15) is 5.11 Å². The van der Waals surface area contributed by atoms with Gasteiger partial charge in [-0.15, -0.1) is 0 Å². The fourth-order valence-corrected chi connectivity index (χ4v) is 2.40. The van der Waals surface area contributed by atoms with Gasteiger partial charge in [-0.25, -0.2) is 4.90 Å². The maximum absolute atomic E-state index is 9.74. The summed E-state index contributed by atoms with van der Waals surface area (Å²) >= 11 is 0. The lowest BCUT2D eigenvalue weighted by molar-refractivity contribution is -0.321. The van der Waals surface area contributed by atoms with Gasteiger partial charge in [0.05, 0.1) is 6.10 Å². The molecule has 0 aromatic heterocycles. The molecule has 0 aromatic rings. The molecule has 0 aliphatic heterocycles. The van der Waals surface area contributed by atoms with Gasteiger partial charge in [0.15, 0.2) is 0 Å². The highest BCUT2D eigenvalue weighted by Gasteiger charge is 2.42. The molecule has 7 heteroatoms. The Kier molecular flexibility index (Phi) is 10.6. The molecule has 0 amide bonds. The van der Waals surface area contributed by atoms with Crippen LogP contribution in [0.5, 0.6) is 0 Å². The molecule has 0 saturated heterocycles. The van der Waals surface area contributed by atoms with Gasteiger partial charge in [-0.05, 0) is 26.7 Å². The summed E-state index contributed by atoms with van der Waals surface area (Å²) in [5.41, 5.74) is -0.355. The van der Waals surface area contributed by atoms with Crippen LogP contribution in [0.15, 0.2) is 0 Å². The van der Waals surface area contributed by atoms with E-state index in [2.05, 4.69) is 6.92 Å². The molecular weight excluding hydrogens is 274 g/mol. The van der Waals surface area contributed by atoms with Crippen molar-refractivity contribution >= 4 is 0 Å². The Balaban J connectivity index is 0. The molecule has 0 spiro atoms. The van der Waals surface area contributed by atoms with Gasteiger partial charge in [0.25, 0.3) is 0 Å². The smallest absolute Gasteiger partial charge is 0.228 e. The Morgan fingerprint density at radius 2 is 1.57 bits per heavy atom. The Morgan fingerprint density at radius 1 is 1.10 bits per heavy atom. The molecule has 0 rings (SSSR count). The van der Waals surface area contributed by atoms with E-state index < -0.39 is 5.91 Å². The average Bonchev–Trinajstić information content (AvgIpc) is 2.37. The topological polar surface area (TPSA) is 89.4 Å². The highest BCUT2D eigenvalue weighted by atomic mass is 16.7. The maximum Gasteiger partial charge on any atom is 0.228 e. The third-order valence-electron chi connectivity index (χ3n) is 3.66. The monoisotopic (exact) mass is 309 g/mol. The number of nitrogens with zero attached hydrogens (tertiary/aromatic N) is 2. The van der Waals surface area contributed by atoms with E-state index in [0.29, 0.717) is 0 Å². The van der Waals surface area contributed by atoms with E-state index in [4.69, 9.17) is 14.3 Å². The van der Waals surface area contributed by atoms with Crippen molar-refractivity contribution in [3.8, 4) is 0 Å². The van der Waals surface area contributed by atoms with Crippen LogP contribution in [0.3, 0.4) is 0 Å². The van der Waals surface area contributed by atoms with Crippen molar-refractivity contribution in [3.05, 3.63) is 0 Å². The molecule has 4 N–H and O–H groups in total. The van der Waals surface area contributed by atoms with Crippen molar-refractivity contribution in [2.24, 2.45) is 0 Å². The van der Waals surface area contributed by atoms with Crippen LogP contribution in [0.1, 0.15) is 40.5 Å². The molecule has 1 unspecified atom stereocenters. The number of ether oxygens (including phenoxy) is 2. The van der Waals surface area contributed by atoms with Crippen LogP contribution in [0.25, 0.3) is 0 Å². The largest absolute Gasteiger partial charge is 0.381 e. The lowest BCUT2D eigenvalue weighted by Gasteiger charge is -2.47. The van der Waals surface area contributed by atoms with Crippen LogP contribution in [-0.4, -0.2) is 67.7 Å². The lowest BCUT2D eigenvalue weighted by atomic mass is 9.93. The Morgan fingerprint density at radius 3 is 1.86 bits per heavy atom. The van der Waals surface area contributed by atoms with Crippen molar-refractivity contribution in [1.82, 2.24) is 16.1 Å². The van der Waals surface area contributed by atoms with E-state index in [1.807, 2.05) is 27.9 Å². The summed E-state index contributed by atoms with van der Waals surface area (Å²) in [6.45, 7) is 7.80. The van der Waals surface area contributed by atoms with Crippen molar-refractivity contribution in [3.63, 3.8) is 0 Å². The molecule has 0 aliphatic carbocycles. The summed E-state index contributed by atoms with van der Waals surface area (Å²) in [5, 5.41) is 11.4. The molecule has 0 fully saturated rings. The van der Waals surface area contributed by atoms with Gasteiger partial charge in [0, 0.05) is 40.8 Å². The van der Waals surface area contributed by atoms with Gasteiger partial charge in [-0.3, -0.25) is 4.84 Å². The molecule has 0 radical (unpaired) electrons. The van der Waals surface area contributed by atoms with E-state index >= 15 is 0 Å². The zero-order chi connectivity index (χ0) is 16.0. The van der Waals surface area contributed by atoms with Gasteiger partial charge in [-0.2, -0.15) is 5.06 Å². The summed E-state index contributed by atoms with van der Waals surface area (Å²) in [6.07, 6.45) is 1.69. The highest BCUT2D eigenvalue weighted by molar-refractivity contribution is 4.86. The first-order chi connectivity index (χ1) is 9.16. The van der Waals surface area contributed by atoms with Gasteiger partial charge < -0.3 is 20.7 Å². The summed E-state index contributed by atoms with van der Waals surface area (Å²) in [4.78, 5) is 7.53. The Bertz CT molecular complexity index is 271. The maximum atomic E-state index is 9.74. The first-order valence-electron chi connectivity index (χ1n) is 6.99. The number of aliphatic hydroxyl groups is 1. The number of rotatable bonds is 10. The van der Waals surface area contributed by atoms with Crippen molar-refractivity contribution < 1.29 is 19.4 Å². The molecule has 130 valence electrons. The van der Waals surface area contributed by atoms with Crippen molar-refractivity contribution in [1.29, 1.82) is 0 Å². The van der Waals surface area contributed by atoms with E-state index in [1.54, 1.807) is 31.1 Å². The molecule has 0 heterocycles. The third-order valence-corrected chi connectivity index (χ3v) is 3.66. The Labute approximate surface area is 129 Å². The zero-order valence-corrected chi connectivity index (χ0v) is 15.0. The predicted octanol–water partition coefficient (Wildman–Crippen LogP) is 1.81. The molecule has 0 saturated carbocycles. The van der Waals surface area contributed by atoms with Crippen LogP contribution >= 0.6 is 0 Å². The van der Waals surface area contributed by atoms with Gasteiger partial charge in [0.2, 0.25) is 5.91 Å². The minimum Gasteiger partial charge on any atom is -0.381 e. The van der Waals surface area contributed by atoms with Gasteiger partial charge in [0.1, 0.15) is 6.73 Å². The molecule has 1 atom stereocenters. The standard InChI is InChI=1S/C14H32N2O4.H3N/c1-9-12(20-15(5)6)10-13(2,3)16(11-17)14(4,18-7)19-8;/h12,17H,9-11H2,1-8H3;1H3. The highest BCUT2D eigenvalue weighted by Crippen LogP contribution is 2.31. The quantitative estimate of drug-likeness (QED) is 0.470. The SMILES string of the molecule is CCC(CC(C)(C)N(CO)C(C)(OC)OC)ON(C)C.N. The minimum absolute atomic E-state index is 0. The zero-order valence-electron chi connectivity index (χ0n) is 15.0. The molecule has 0 aromatic carbocycles. The van der Waals surface area contributed by atoms with Crippen LogP contribution in [0.2, 0.25) is 0 Å². The molecule has 7 nitrogen and oxygen atoms in total. The molecule has 0 bridgehead atoms. The fraction of sp³-hybridized carbons (Fsp3) is 1.00. The van der Waals surface area contributed by atoms with Gasteiger partial charge >= 0.3 is 0 Å². The van der Waals surface area contributed by atoms with Crippen molar-refractivity contribution in [2.75, 3.05) is 35.0 Å². The fourth-order valence-electron chi connectivity index (χ4n) is 2.40. The average molecular weight is 309 g/mol. The van der Waals surface area contributed by atoms with E-state index in [-0.39, 0.29) is 24.5 Å². The van der Waals surface area contributed by atoms with Crippen LogP contribution in [0, 0.1) is 0 Å². The molecule has 21 heavy (non-hydrogen) atoms. The number of hydrogen-bond donors (Lipinski definition) is 2. The third kappa shape index (κ3) is 6.56. The second kappa shape index (κ2) is 9.68. The molecule has 0 aliphatic rings. The summed E-state index contributed by atoms with van der Waals surface area (Å²) in [6, 6.07) is 0. The predicted molar refractivity (Wildman–Crippen MR) is 83.9 cm³/mol. The van der Waals surface area contributed by atoms with Crippen molar-refractivity contribution in [2.45, 2.75) is 58.1 Å². The Hall–Kier alpha value is -0.280. The summed E-state index contributed by atoms with van der Waals surface area (Å²) < 4.78 is 10.8. The van der Waals surface area contributed by atoms with Gasteiger partial charge in [-0.1, -0.05) is 6.92 Å². The normalized spacial score (nSPS) is 14.4. The first kappa shape index (κ1) is 23.0. The number of hydrogen-bond acceptors (Lipinski definition) is 7. The van der Waals surface area contributed by atoms with E-state index in [1.165, 1.54) is 0 Å². The second-order valence-corrected chi connectivity index (χ2v) is 5.84. The van der Waals surface area contributed by atoms with Crippen LogP contribution < -0.4 is 6.15 Å². The minimum atomic E-state index is -0.978. The number of hydroxylamine groups is 2. The number of methoxy groups -OCH3 is 2. The summed E-state index contributed by atoms with van der Waals surface area (Å²) in [5.74, 6) is -0.978. The summed E-state index contributed by atoms with van der Waals surface area (Å²) in [7, 11) is 6.87. The first-order valence-corrected chi connectivity index (χ1v) is 6.99. The van der Waals surface area contributed by atoms with E-state index in [0.717, 1.165) is 12.8 Å².